The van der Waals surface area contributed by atoms with E-state index in [1.54, 1.807) is 6.07 Å². The first kappa shape index (κ1) is 16.9. The van der Waals surface area contributed by atoms with Gasteiger partial charge in [0, 0.05) is 18.1 Å². The summed E-state index contributed by atoms with van der Waals surface area (Å²) in [5, 5.41) is 2.42. The van der Waals surface area contributed by atoms with Gasteiger partial charge in [0.05, 0.1) is 12.2 Å². The third kappa shape index (κ3) is 3.94. The Morgan fingerprint density at radius 3 is 2.65 bits per heavy atom. The molecule has 0 atom stereocenters. The van der Waals surface area contributed by atoms with E-state index >= 15 is 0 Å². The van der Waals surface area contributed by atoms with Gasteiger partial charge in [-0.3, -0.25) is 4.79 Å². The molecule has 112 valence electrons. The first-order chi connectivity index (χ1) is 9.32. The molecule has 0 radical (unpaired) electrons. The number of rotatable bonds is 6. The van der Waals surface area contributed by atoms with Crippen molar-refractivity contribution in [3.8, 4) is 0 Å². The van der Waals surface area contributed by atoms with Crippen LogP contribution >= 0.6 is 15.9 Å². The maximum Gasteiger partial charge on any atom is 0.245 e. The first-order valence-electron chi connectivity index (χ1n) is 6.08. The third-order valence-electron chi connectivity index (χ3n) is 2.67. The van der Waals surface area contributed by atoms with Gasteiger partial charge in [-0.25, -0.2) is 8.42 Å². The number of likely N-dealkylation sites (N-methyl/N-ethyl adjacent to an activating group) is 1. The van der Waals surface area contributed by atoms with Gasteiger partial charge in [0.2, 0.25) is 15.9 Å². The fraction of sp³-hybridized carbons (Fsp3) is 0.417. The molecule has 0 heterocycles. The summed E-state index contributed by atoms with van der Waals surface area (Å²) < 4.78 is 26.9. The minimum absolute atomic E-state index is 0.00391. The Morgan fingerprint density at radius 2 is 2.10 bits per heavy atom. The highest BCUT2D eigenvalue weighted by Crippen LogP contribution is 2.26. The molecule has 0 unspecified atom stereocenters. The number of hydrogen-bond acceptors (Lipinski definition) is 4. The minimum atomic E-state index is -3.80. The molecule has 0 aliphatic rings. The number of nitrogen functional groups attached to an aromatic ring is 1. The molecule has 0 aliphatic carbocycles. The third-order valence-corrected chi connectivity index (χ3v) is 5.06. The Labute approximate surface area is 127 Å². The van der Waals surface area contributed by atoms with Crippen LogP contribution in [-0.2, 0) is 14.8 Å². The van der Waals surface area contributed by atoms with Gasteiger partial charge < -0.3 is 11.1 Å². The molecular weight excluding hydrogens is 346 g/mol. The van der Waals surface area contributed by atoms with Crippen LogP contribution in [0.2, 0.25) is 0 Å². The molecular formula is C12H18BrN3O3S. The van der Waals surface area contributed by atoms with Gasteiger partial charge in [-0.15, -0.1) is 0 Å². The van der Waals surface area contributed by atoms with E-state index in [1.807, 2.05) is 6.92 Å². The van der Waals surface area contributed by atoms with Crippen LogP contribution < -0.4 is 11.1 Å². The number of nitrogens with zero attached hydrogens (tertiary/aromatic N) is 1. The molecule has 20 heavy (non-hydrogen) atoms. The standard InChI is InChI=1S/C12H18BrN3O3S/c1-3-6-16(8-12(17)15-2)20(18,19)11-7-9(13)4-5-10(11)14/h4-5,7H,3,6,8,14H2,1-2H3,(H,15,17). The van der Waals surface area contributed by atoms with Crippen molar-refractivity contribution in [2.45, 2.75) is 18.2 Å². The largest absolute Gasteiger partial charge is 0.398 e. The highest BCUT2D eigenvalue weighted by molar-refractivity contribution is 9.10. The molecule has 0 saturated carbocycles. The Bertz CT molecular complexity index is 590. The average Bonchev–Trinajstić information content (AvgIpc) is 2.40. The maximum atomic E-state index is 12.6. The van der Waals surface area contributed by atoms with E-state index in [0.717, 1.165) is 4.31 Å². The Kier molecular flexibility index (Phi) is 5.97. The molecule has 6 nitrogen and oxygen atoms in total. The van der Waals surface area contributed by atoms with Crippen molar-refractivity contribution in [2.75, 3.05) is 25.9 Å². The molecule has 8 heteroatoms. The average molecular weight is 364 g/mol. The van der Waals surface area contributed by atoms with E-state index in [4.69, 9.17) is 5.73 Å². The van der Waals surface area contributed by atoms with Gasteiger partial charge in [0.1, 0.15) is 4.90 Å². The highest BCUT2D eigenvalue weighted by Gasteiger charge is 2.27. The summed E-state index contributed by atoms with van der Waals surface area (Å²) in [5.74, 6) is -0.365. The summed E-state index contributed by atoms with van der Waals surface area (Å²) >= 11 is 3.22. The number of carbonyl (C=O) groups is 1. The normalized spacial score (nSPS) is 11.6. The van der Waals surface area contributed by atoms with Crippen LogP contribution in [-0.4, -0.2) is 38.8 Å². The quantitative estimate of drug-likeness (QED) is 0.742. The fourth-order valence-electron chi connectivity index (χ4n) is 1.64. The number of sulfonamides is 1. The number of carbonyl (C=O) groups excluding carboxylic acids is 1. The number of nitrogens with one attached hydrogen (secondary N) is 1. The van der Waals surface area contributed by atoms with E-state index in [9.17, 15) is 13.2 Å². The zero-order valence-electron chi connectivity index (χ0n) is 11.4. The Morgan fingerprint density at radius 1 is 1.45 bits per heavy atom. The van der Waals surface area contributed by atoms with Gasteiger partial charge in [-0.1, -0.05) is 22.9 Å². The second-order valence-corrected chi connectivity index (χ2v) is 7.02. The number of amides is 1. The van der Waals surface area contributed by atoms with Crippen LogP contribution in [0.4, 0.5) is 5.69 Å². The topological polar surface area (TPSA) is 92.5 Å². The lowest BCUT2D eigenvalue weighted by Gasteiger charge is -2.21. The monoisotopic (exact) mass is 363 g/mol. The van der Waals surface area contributed by atoms with Crippen LogP contribution in [0.25, 0.3) is 0 Å². The molecule has 0 fully saturated rings. The zero-order valence-corrected chi connectivity index (χ0v) is 13.8. The van der Waals surface area contributed by atoms with Crippen LogP contribution in [0, 0.1) is 0 Å². The molecule has 0 bridgehead atoms. The summed E-state index contributed by atoms with van der Waals surface area (Å²) in [6, 6.07) is 4.62. The lowest BCUT2D eigenvalue weighted by molar-refractivity contribution is -0.120. The van der Waals surface area contributed by atoms with Gasteiger partial charge in [-0.2, -0.15) is 4.31 Å². The minimum Gasteiger partial charge on any atom is -0.398 e. The van der Waals surface area contributed by atoms with Crippen molar-refractivity contribution in [3.05, 3.63) is 22.7 Å². The lowest BCUT2D eigenvalue weighted by atomic mass is 10.3. The van der Waals surface area contributed by atoms with Crippen LogP contribution in [0.1, 0.15) is 13.3 Å². The number of anilines is 1. The van der Waals surface area contributed by atoms with Crippen molar-refractivity contribution in [3.63, 3.8) is 0 Å². The summed E-state index contributed by atoms with van der Waals surface area (Å²) in [5.41, 5.74) is 5.90. The van der Waals surface area contributed by atoms with Crippen LogP contribution in [0.3, 0.4) is 0 Å². The molecule has 0 aromatic heterocycles. The predicted molar refractivity (Wildman–Crippen MR) is 81.7 cm³/mol. The maximum absolute atomic E-state index is 12.6. The Balaban J connectivity index is 3.22. The number of nitrogens with two attached hydrogens (primary N) is 1. The summed E-state index contributed by atoms with van der Waals surface area (Å²) in [6.07, 6.45) is 0.601. The molecule has 0 saturated heterocycles. The fourth-order valence-corrected chi connectivity index (χ4v) is 3.79. The van der Waals surface area contributed by atoms with E-state index < -0.39 is 10.0 Å². The molecule has 1 aromatic rings. The molecule has 1 aromatic carbocycles. The van der Waals surface area contributed by atoms with Crippen molar-refractivity contribution >= 4 is 37.5 Å². The van der Waals surface area contributed by atoms with Crippen LogP contribution in [0.5, 0.6) is 0 Å². The molecule has 3 N–H and O–H groups in total. The number of benzene rings is 1. The summed E-state index contributed by atoms with van der Waals surface area (Å²) in [6.45, 7) is 1.87. The van der Waals surface area contributed by atoms with E-state index in [-0.39, 0.29) is 29.6 Å². The van der Waals surface area contributed by atoms with E-state index in [2.05, 4.69) is 21.2 Å². The summed E-state index contributed by atoms with van der Waals surface area (Å²) in [4.78, 5) is 11.5. The van der Waals surface area contributed by atoms with Gasteiger partial charge in [0.15, 0.2) is 0 Å². The van der Waals surface area contributed by atoms with Gasteiger partial charge in [-0.05, 0) is 24.6 Å². The van der Waals surface area contributed by atoms with Crippen molar-refractivity contribution in [1.29, 1.82) is 0 Å². The molecule has 1 rings (SSSR count). The second kappa shape index (κ2) is 7.05. The van der Waals surface area contributed by atoms with Crippen molar-refractivity contribution in [1.82, 2.24) is 9.62 Å². The zero-order chi connectivity index (χ0) is 15.3. The van der Waals surface area contributed by atoms with Gasteiger partial charge in [0.25, 0.3) is 0 Å². The second-order valence-electron chi connectivity index (χ2n) is 4.19. The lowest BCUT2D eigenvalue weighted by Crippen LogP contribution is -2.40. The first-order valence-corrected chi connectivity index (χ1v) is 8.32. The summed E-state index contributed by atoms with van der Waals surface area (Å²) in [7, 11) is -2.34. The smallest absolute Gasteiger partial charge is 0.245 e. The number of hydrogen-bond donors (Lipinski definition) is 2. The molecule has 0 aliphatic heterocycles. The SMILES string of the molecule is CCCN(CC(=O)NC)S(=O)(=O)c1cc(Br)ccc1N. The van der Waals surface area contributed by atoms with Crippen molar-refractivity contribution < 1.29 is 13.2 Å². The van der Waals surface area contributed by atoms with Crippen LogP contribution in [0.15, 0.2) is 27.6 Å². The Hall–Kier alpha value is -1.12. The number of halogens is 1. The molecule has 0 spiro atoms. The van der Waals surface area contributed by atoms with Crippen molar-refractivity contribution in [2.24, 2.45) is 0 Å². The predicted octanol–water partition coefficient (Wildman–Crippen LogP) is 1.18. The van der Waals surface area contributed by atoms with E-state index in [0.29, 0.717) is 10.9 Å². The molecule has 1 amide bonds. The highest BCUT2D eigenvalue weighted by atomic mass is 79.9. The van der Waals surface area contributed by atoms with Gasteiger partial charge >= 0.3 is 0 Å². The van der Waals surface area contributed by atoms with E-state index in [1.165, 1.54) is 19.2 Å².